The minimum Gasteiger partial charge on any atom is -0.296 e. The van der Waals surface area contributed by atoms with Gasteiger partial charge in [0.15, 0.2) is 5.13 Å². The Morgan fingerprint density at radius 3 is 2.46 bits per heavy atom. The summed E-state index contributed by atoms with van der Waals surface area (Å²) < 4.78 is 0. The van der Waals surface area contributed by atoms with E-state index in [1.165, 1.54) is 29.6 Å². The third-order valence-corrected chi connectivity index (χ3v) is 6.26. The lowest BCUT2D eigenvalue weighted by molar-refractivity contribution is -0.116. The summed E-state index contributed by atoms with van der Waals surface area (Å²) in [6.45, 7) is 7.70. The van der Waals surface area contributed by atoms with Crippen molar-refractivity contribution in [2.75, 3.05) is 10.2 Å². The van der Waals surface area contributed by atoms with Gasteiger partial charge in [-0.3, -0.25) is 19.8 Å². The zero-order valence-electron chi connectivity index (χ0n) is 16.1. The van der Waals surface area contributed by atoms with Crippen molar-refractivity contribution in [2.45, 2.75) is 40.2 Å². The molecule has 0 aliphatic rings. The van der Waals surface area contributed by atoms with Crippen molar-refractivity contribution in [3.63, 3.8) is 0 Å². The quantitative estimate of drug-likeness (QED) is 0.651. The van der Waals surface area contributed by atoms with E-state index in [0.717, 1.165) is 10.6 Å². The van der Waals surface area contributed by atoms with Crippen LogP contribution in [0, 0.1) is 6.92 Å². The van der Waals surface area contributed by atoms with Gasteiger partial charge in [-0.05, 0) is 12.5 Å². The van der Waals surface area contributed by atoms with Gasteiger partial charge in [-0.2, -0.15) is 0 Å². The number of aromatic nitrogens is 3. The van der Waals surface area contributed by atoms with Crippen molar-refractivity contribution in [3.8, 4) is 0 Å². The Morgan fingerprint density at radius 1 is 1.14 bits per heavy atom. The summed E-state index contributed by atoms with van der Waals surface area (Å²) in [6.07, 6.45) is 0. The lowest BCUT2D eigenvalue weighted by Gasteiger charge is -2.17. The van der Waals surface area contributed by atoms with Crippen LogP contribution in [-0.2, 0) is 11.3 Å². The molecule has 2 heterocycles. The van der Waals surface area contributed by atoms with Gasteiger partial charge in [0.25, 0.3) is 5.91 Å². The first-order chi connectivity index (χ1) is 13.3. The predicted octanol–water partition coefficient (Wildman–Crippen LogP) is 4.23. The van der Waals surface area contributed by atoms with Crippen molar-refractivity contribution in [1.29, 1.82) is 0 Å². The third kappa shape index (κ3) is 4.60. The molecular weight excluding hydrogens is 394 g/mol. The molecule has 0 saturated heterocycles. The fourth-order valence-corrected chi connectivity index (χ4v) is 4.21. The molecule has 1 aromatic carbocycles. The SMILES string of the molecule is CC(=O)N(Cc1ccccc1)c1nc(C)c(C(=O)Nc2nnc(C(C)C)s2)s1. The fourth-order valence-electron chi connectivity index (χ4n) is 2.46. The van der Waals surface area contributed by atoms with E-state index in [1.54, 1.807) is 11.8 Å². The first-order valence-corrected chi connectivity index (χ1v) is 10.4. The Hall–Kier alpha value is -2.65. The number of nitrogens with zero attached hydrogens (tertiary/aromatic N) is 4. The maximum atomic E-state index is 12.7. The topological polar surface area (TPSA) is 88.1 Å². The predicted molar refractivity (Wildman–Crippen MR) is 112 cm³/mol. The van der Waals surface area contributed by atoms with Crippen LogP contribution in [0.3, 0.4) is 0 Å². The third-order valence-electron chi connectivity index (χ3n) is 3.94. The second kappa shape index (κ2) is 8.57. The van der Waals surface area contributed by atoms with Gasteiger partial charge in [0.05, 0.1) is 12.2 Å². The molecule has 1 N–H and O–H groups in total. The van der Waals surface area contributed by atoms with Crippen molar-refractivity contribution in [1.82, 2.24) is 15.2 Å². The maximum absolute atomic E-state index is 12.7. The molecule has 0 saturated carbocycles. The first kappa shape index (κ1) is 20.1. The van der Waals surface area contributed by atoms with Crippen LogP contribution < -0.4 is 10.2 Å². The molecule has 146 valence electrons. The molecule has 3 rings (SSSR count). The molecule has 28 heavy (non-hydrogen) atoms. The zero-order chi connectivity index (χ0) is 20.3. The molecule has 0 aliphatic carbocycles. The van der Waals surface area contributed by atoms with Crippen molar-refractivity contribution < 1.29 is 9.59 Å². The number of anilines is 2. The van der Waals surface area contributed by atoms with Crippen LogP contribution in [0.25, 0.3) is 0 Å². The number of thiazole rings is 1. The number of aryl methyl sites for hydroxylation is 1. The molecule has 0 radical (unpaired) electrons. The van der Waals surface area contributed by atoms with E-state index in [1.807, 2.05) is 44.2 Å². The zero-order valence-corrected chi connectivity index (χ0v) is 17.7. The molecular formula is C19H21N5O2S2. The van der Waals surface area contributed by atoms with E-state index in [2.05, 4.69) is 20.5 Å². The first-order valence-electron chi connectivity index (χ1n) is 8.79. The monoisotopic (exact) mass is 415 g/mol. The fraction of sp³-hybridized carbons (Fsp3) is 0.316. The van der Waals surface area contributed by atoms with Crippen LogP contribution in [0.5, 0.6) is 0 Å². The van der Waals surface area contributed by atoms with E-state index < -0.39 is 0 Å². The standard InChI is InChI=1S/C19H21N5O2S2/c1-11(2)17-22-23-18(28-17)21-16(26)15-12(3)20-19(27-15)24(13(4)25)10-14-8-6-5-7-9-14/h5-9,11H,10H2,1-4H3,(H,21,23,26). The highest BCUT2D eigenvalue weighted by atomic mass is 32.1. The Labute approximate surface area is 171 Å². The maximum Gasteiger partial charge on any atom is 0.269 e. The summed E-state index contributed by atoms with van der Waals surface area (Å²) in [5.41, 5.74) is 1.57. The van der Waals surface area contributed by atoms with Gasteiger partial charge in [0.1, 0.15) is 9.88 Å². The molecule has 2 aromatic heterocycles. The van der Waals surface area contributed by atoms with Crippen molar-refractivity contribution in [2.24, 2.45) is 0 Å². The lowest BCUT2D eigenvalue weighted by Crippen LogP contribution is -2.27. The van der Waals surface area contributed by atoms with E-state index >= 15 is 0 Å². The molecule has 7 nitrogen and oxygen atoms in total. The van der Waals surface area contributed by atoms with Gasteiger partial charge < -0.3 is 0 Å². The van der Waals surface area contributed by atoms with E-state index in [-0.39, 0.29) is 17.7 Å². The van der Waals surface area contributed by atoms with E-state index in [9.17, 15) is 9.59 Å². The summed E-state index contributed by atoms with van der Waals surface area (Å²) in [5.74, 6) is -0.173. The van der Waals surface area contributed by atoms with Crippen LogP contribution in [0.4, 0.5) is 10.3 Å². The van der Waals surface area contributed by atoms with Gasteiger partial charge in [-0.15, -0.1) is 10.2 Å². The Bertz CT molecular complexity index is 981. The number of hydrogen-bond acceptors (Lipinski definition) is 7. The number of benzene rings is 1. The van der Waals surface area contributed by atoms with E-state index in [0.29, 0.717) is 27.4 Å². The number of amides is 2. The van der Waals surface area contributed by atoms with E-state index in [4.69, 9.17) is 0 Å². The summed E-state index contributed by atoms with van der Waals surface area (Å²) in [4.78, 5) is 31.3. The second-order valence-electron chi connectivity index (χ2n) is 6.56. The number of rotatable bonds is 6. The number of nitrogens with one attached hydrogen (secondary N) is 1. The summed E-state index contributed by atoms with van der Waals surface area (Å²) in [5, 5.41) is 12.7. The van der Waals surface area contributed by atoms with Crippen LogP contribution in [0.1, 0.15) is 52.6 Å². The van der Waals surface area contributed by atoms with Crippen LogP contribution >= 0.6 is 22.7 Å². The molecule has 0 fully saturated rings. The minimum absolute atomic E-state index is 0.129. The Kier molecular flexibility index (Phi) is 6.15. The number of carbonyl (C=O) groups is 2. The highest BCUT2D eigenvalue weighted by molar-refractivity contribution is 7.18. The highest BCUT2D eigenvalue weighted by Gasteiger charge is 2.22. The largest absolute Gasteiger partial charge is 0.296 e. The minimum atomic E-state index is -0.295. The van der Waals surface area contributed by atoms with Gasteiger partial charge >= 0.3 is 0 Å². The van der Waals surface area contributed by atoms with Crippen LogP contribution in [-0.4, -0.2) is 27.0 Å². The molecule has 0 atom stereocenters. The average molecular weight is 416 g/mol. The highest BCUT2D eigenvalue weighted by Crippen LogP contribution is 2.29. The van der Waals surface area contributed by atoms with Crippen molar-refractivity contribution >= 4 is 44.8 Å². The molecule has 0 unspecified atom stereocenters. The molecule has 0 aliphatic heterocycles. The lowest BCUT2D eigenvalue weighted by atomic mass is 10.2. The summed E-state index contributed by atoms with van der Waals surface area (Å²) in [6, 6.07) is 9.67. The van der Waals surface area contributed by atoms with Crippen molar-refractivity contribution in [3.05, 3.63) is 51.5 Å². The van der Waals surface area contributed by atoms with Gasteiger partial charge in [-0.25, -0.2) is 4.98 Å². The average Bonchev–Trinajstić information content (AvgIpc) is 3.27. The second-order valence-corrected chi connectivity index (χ2v) is 8.54. The van der Waals surface area contributed by atoms with Crippen LogP contribution in [0.2, 0.25) is 0 Å². The molecule has 0 bridgehead atoms. The van der Waals surface area contributed by atoms with Gasteiger partial charge in [0, 0.05) is 12.8 Å². The molecule has 0 spiro atoms. The summed E-state index contributed by atoms with van der Waals surface area (Å²) >= 11 is 2.55. The van der Waals surface area contributed by atoms with Gasteiger partial charge in [-0.1, -0.05) is 66.9 Å². The molecule has 2 amide bonds. The summed E-state index contributed by atoms with van der Waals surface area (Å²) in [7, 11) is 0. The van der Waals surface area contributed by atoms with Gasteiger partial charge in [0.2, 0.25) is 11.0 Å². The molecule has 3 aromatic rings. The normalized spacial score (nSPS) is 10.9. The number of hydrogen-bond donors (Lipinski definition) is 1. The smallest absolute Gasteiger partial charge is 0.269 e. The Morgan fingerprint density at radius 2 is 1.86 bits per heavy atom. The Balaban J connectivity index is 1.80. The molecule has 9 heteroatoms. The number of carbonyl (C=O) groups excluding carboxylic acids is 2. The van der Waals surface area contributed by atoms with Crippen LogP contribution in [0.15, 0.2) is 30.3 Å².